The summed E-state index contributed by atoms with van der Waals surface area (Å²) in [5, 5.41) is 4.82. The molecule has 5 aromatic rings. The summed E-state index contributed by atoms with van der Waals surface area (Å²) in [7, 11) is 0. The highest BCUT2D eigenvalue weighted by Gasteiger charge is 2.15. The Morgan fingerprint density at radius 3 is 2.25 bits per heavy atom. The number of rotatable bonds is 10. The van der Waals surface area contributed by atoms with Gasteiger partial charge in [0.15, 0.2) is 0 Å². The number of anilines is 3. The number of benzene rings is 3. The third-order valence-electron chi connectivity index (χ3n) is 6.31. The highest BCUT2D eigenvalue weighted by Crippen LogP contribution is 2.39. The van der Waals surface area contributed by atoms with Crippen LogP contribution in [0, 0.1) is 0 Å². The number of hydrogen-bond donors (Lipinski definition) is 0. The van der Waals surface area contributed by atoms with E-state index in [4.69, 9.17) is 9.47 Å². The lowest BCUT2D eigenvalue weighted by Crippen LogP contribution is -2.09. The highest BCUT2D eigenvalue weighted by atomic mass is 32.1. The molecule has 0 saturated heterocycles. The minimum Gasteiger partial charge on any atom is -0.462 e. The van der Waals surface area contributed by atoms with Crippen molar-refractivity contribution in [2.45, 2.75) is 6.42 Å². The first-order chi connectivity index (χ1) is 19.6. The van der Waals surface area contributed by atoms with Crippen molar-refractivity contribution in [2.75, 3.05) is 11.5 Å². The van der Waals surface area contributed by atoms with Crippen molar-refractivity contribution in [1.82, 2.24) is 4.98 Å². The first kappa shape index (κ1) is 26.6. The second-order valence-electron chi connectivity index (χ2n) is 8.78. The zero-order valence-corrected chi connectivity index (χ0v) is 22.5. The predicted octanol–water partition coefficient (Wildman–Crippen LogP) is 7.80. The number of pyridine rings is 1. The number of nitrogens with zero attached hydrogens (tertiary/aromatic N) is 2. The SMILES string of the molecule is C=CC(=O)OCCc1ccc(N(c2ccc(-c3ccc(OC(=O)C=C)c4cnccc34)cc2)c2cccs2)cc1. The predicted molar refractivity (Wildman–Crippen MR) is 160 cm³/mol. The molecule has 7 heteroatoms. The van der Waals surface area contributed by atoms with E-state index in [0.717, 1.165) is 49.9 Å². The summed E-state index contributed by atoms with van der Waals surface area (Å²) in [5.41, 5.74) is 5.14. The van der Waals surface area contributed by atoms with Gasteiger partial charge in [0.1, 0.15) is 5.75 Å². The zero-order valence-electron chi connectivity index (χ0n) is 21.7. The molecule has 3 aromatic carbocycles. The summed E-state index contributed by atoms with van der Waals surface area (Å²) >= 11 is 1.66. The molecule has 0 spiro atoms. The average molecular weight is 547 g/mol. The van der Waals surface area contributed by atoms with Crippen molar-refractivity contribution in [3.8, 4) is 16.9 Å². The molecule has 0 aliphatic rings. The third kappa shape index (κ3) is 5.85. The lowest BCUT2D eigenvalue weighted by atomic mass is 9.98. The van der Waals surface area contributed by atoms with Crippen LogP contribution in [0.15, 0.2) is 122 Å². The maximum Gasteiger partial charge on any atom is 0.335 e. The van der Waals surface area contributed by atoms with Crippen LogP contribution in [0.4, 0.5) is 16.4 Å². The number of carbonyl (C=O) groups is 2. The molecule has 0 saturated carbocycles. The number of thiophene rings is 1. The molecule has 2 heterocycles. The van der Waals surface area contributed by atoms with E-state index in [0.29, 0.717) is 18.8 Å². The van der Waals surface area contributed by atoms with Crippen LogP contribution in [0.2, 0.25) is 0 Å². The summed E-state index contributed by atoms with van der Waals surface area (Å²) in [6.45, 7) is 7.21. The molecular formula is C33H26N2O4S. The van der Waals surface area contributed by atoms with Crippen molar-refractivity contribution in [1.29, 1.82) is 0 Å². The molecular weight excluding hydrogens is 520 g/mol. The van der Waals surface area contributed by atoms with Crippen molar-refractivity contribution in [3.05, 3.63) is 128 Å². The fourth-order valence-corrected chi connectivity index (χ4v) is 5.16. The second-order valence-corrected chi connectivity index (χ2v) is 9.71. The van der Waals surface area contributed by atoms with Crippen molar-refractivity contribution in [3.63, 3.8) is 0 Å². The Morgan fingerprint density at radius 2 is 1.57 bits per heavy atom. The van der Waals surface area contributed by atoms with E-state index < -0.39 is 11.9 Å². The van der Waals surface area contributed by atoms with Gasteiger partial charge in [0, 0.05) is 47.7 Å². The fraction of sp³-hybridized carbons (Fsp3) is 0.0606. The van der Waals surface area contributed by atoms with Gasteiger partial charge in [0.25, 0.3) is 0 Å². The fourth-order valence-electron chi connectivity index (χ4n) is 4.39. The van der Waals surface area contributed by atoms with Crippen LogP contribution in [0.25, 0.3) is 21.9 Å². The minimum absolute atomic E-state index is 0.308. The quantitative estimate of drug-likeness (QED) is 0.101. The molecule has 0 radical (unpaired) electrons. The third-order valence-corrected chi connectivity index (χ3v) is 7.17. The summed E-state index contributed by atoms with van der Waals surface area (Å²) in [4.78, 5) is 29.5. The van der Waals surface area contributed by atoms with Gasteiger partial charge in [-0.1, -0.05) is 43.5 Å². The van der Waals surface area contributed by atoms with Gasteiger partial charge in [-0.15, -0.1) is 11.3 Å². The van der Waals surface area contributed by atoms with Crippen molar-refractivity contribution < 1.29 is 19.1 Å². The van der Waals surface area contributed by atoms with E-state index >= 15 is 0 Å². The van der Waals surface area contributed by atoms with Crippen molar-refractivity contribution >= 4 is 50.4 Å². The molecule has 40 heavy (non-hydrogen) atoms. The standard InChI is InChI=1S/C33H26N2O4S/c1-3-32(36)38-20-18-23-7-11-25(12-8-23)35(31-6-5-21-40-31)26-13-9-24(10-14-26)27-15-16-30(39-33(37)4-2)29-22-34-19-17-28(27)29/h3-17,19,21-22H,1-2,18,20H2. The lowest BCUT2D eigenvalue weighted by molar-refractivity contribution is -0.137. The first-order valence-corrected chi connectivity index (χ1v) is 13.5. The summed E-state index contributed by atoms with van der Waals surface area (Å²) in [6.07, 6.45) is 6.36. The molecule has 0 amide bonds. The van der Waals surface area contributed by atoms with Gasteiger partial charge in [-0.2, -0.15) is 0 Å². The summed E-state index contributed by atoms with van der Waals surface area (Å²) < 4.78 is 10.5. The number of esters is 2. The monoisotopic (exact) mass is 546 g/mol. The topological polar surface area (TPSA) is 68.7 Å². The van der Waals surface area contributed by atoms with Crippen LogP contribution in [0.5, 0.6) is 5.75 Å². The Morgan fingerprint density at radius 1 is 0.850 bits per heavy atom. The van der Waals surface area contributed by atoms with Crippen LogP contribution >= 0.6 is 11.3 Å². The van der Waals surface area contributed by atoms with Gasteiger partial charge in [-0.3, -0.25) is 4.98 Å². The van der Waals surface area contributed by atoms with Crippen LogP contribution in [0.3, 0.4) is 0 Å². The molecule has 0 N–H and O–H groups in total. The highest BCUT2D eigenvalue weighted by molar-refractivity contribution is 7.14. The van der Waals surface area contributed by atoms with Crippen LogP contribution in [-0.4, -0.2) is 23.5 Å². The largest absolute Gasteiger partial charge is 0.462 e. The normalized spacial score (nSPS) is 10.6. The molecule has 2 aromatic heterocycles. The van der Waals surface area contributed by atoms with Gasteiger partial charge in [0.2, 0.25) is 0 Å². The van der Waals surface area contributed by atoms with Crippen molar-refractivity contribution in [2.24, 2.45) is 0 Å². The van der Waals surface area contributed by atoms with Gasteiger partial charge < -0.3 is 14.4 Å². The Balaban J connectivity index is 1.43. The smallest absolute Gasteiger partial charge is 0.335 e. The van der Waals surface area contributed by atoms with Gasteiger partial charge in [-0.25, -0.2) is 9.59 Å². The Bertz CT molecular complexity index is 1660. The first-order valence-electron chi connectivity index (χ1n) is 12.6. The second kappa shape index (κ2) is 12.2. The van der Waals surface area contributed by atoms with Crippen LogP contribution in [-0.2, 0) is 20.7 Å². The number of hydrogen-bond acceptors (Lipinski definition) is 7. The molecule has 0 atom stereocenters. The lowest BCUT2D eigenvalue weighted by Gasteiger charge is -2.24. The number of carbonyl (C=O) groups excluding carboxylic acids is 2. The van der Waals surface area contributed by atoms with Gasteiger partial charge in [-0.05, 0) is 76.0 Å². The number of fused-ring (bicyclic) bond motifs is 1. The molecule has 0 aliphatic heterocycles. The van der Waals surface area contributed by atoms with Crippen LogP contribution < -0.4 is 9.64 Å². The van der Waals surface area contributed by atoms with E-state index in [2.05, 4.69) is 70.9 Å². The van der Waals surface area contributed by atoms with Gasteiger partial charge >= 0.3 is 11.9 Å². The zero-order chi connectivity index (χ0) is 27.9. The summed E-state index contributed by atoms with van der Waals surface area (Å²) in [5.74, 6) is -0.486. The van der Waals surface area contributed by atoms with Crippen LogP contribution in [0.1, 0.15) is 5.56 Å². The van der Waals surface area contributed by atoms with Gasteiger partial charge in [0.05, 0.1) is 11.6 Å². The molecule has 6 nitrogen and oxygen atoms in total. The minimum atomic E-state index is -0.514. The van der Waals surface area contributed by atoms with E-state index in [9.17, 15) is 9.59 Å². The maximum atomic E-state index is 11.8. The number of ether oxygens (including phenoxy) is 2. The molecule has 0 bridgehead atoms. The molecule has 198 valence electrons. The maximum absolute atomic E-state index is 11.8. The summed E-state index contributed by atoms with van der Waals surface area (Å²) in [6, 6.07) is 26.4. The van der Waals surface area contributed by atoms with E-state index in [-0.39, 0.29) is 0 Å². The Kier molecular flexibility index (Phi) is 8.13. The molecule has 5 rings (SSSR count). The molecule has 0 aliphatic carbocycles. The van der Waals surface area contributed by atoms with E-state index in [1.807, 2.05) is 30.3 Å². The average Bonchev–Trinajstić information content (AvgIpc) is 3.53. The number of aromatic nitrogens is 1. The van der Waals surface area contributed by atoms with E-state index in [1.54, 1.807) is 29.8 Å². The Hall–Kier alpha value is -5.01. The molecule has 0 unspecified atom stereocenters. The Labute approximate surface area is 236 Å². The van der Waals surface area contributed by atoms with E-state index in [1.165, 1.54) is 6.08 Å². The molecule has 0 fully saturated rings.